The van der Waals surface area contributed by atoms with E-state index in [0.717, 1.165) is 0 Å². The minimum absolute atomic E-state index is 0. The zero-order valence-corrected chi connectivity index (χ0v) is 8.37. The van der Waals surface area contributed by atoms with Crippen LogP contribution in [0.15, 0.2) is 0 Å². The molecule has 0 aliphatic carbocycles. The second kappa shape index (κ2) is 12.8. The molecule has 0 aromatic carbocycles. The average Bonchev–Trinajstić information content (AvgIpc) is 1.36. The van der Waals surface area contributed by atoms with E-state index in [4.69, 9.17) is 21.3 Å². The summed E-state index contributed by atoms with van der Waals surface area (Å²) < 4.78 is 17.3. The molecule has 0 unspecified atom stereocenters. The molecule has 0 bridgehead atoms. The second-order valence-electron chi connectivity index (χ2n) is 0.513. The Bertz CT molecular complexity index is 72.8. The maximum absolute atomic E-state index is 8.88. The predicted molar refractivity (Wildman–Crippen MR) is 22.1 cm³/mol. The van der Waals surface area contributed by atoms with E-state index in [1.54, 1.807) is 0 Å². The number of hydrogen-bond acceptors (Lipinski definition) is 2. The zero-order chi connectivity index (χ0) is 6.50. The Morgan fingerprint density at radius 1 is 1.11 bits per heavy atom. The van der Waals surface area contributed by atoms with Crippen molar-refractivity contribution in [1.82, 2.24) is 0 Å². The molecule has 0 saturated heterocycles. The fourth-order valence-electron chi connectivity index (χ4n) is 0. The van der Waals surface area contributed by atoms with Gasteiger partial charge in [0.15, 0.2) is 0 Å². The standard InChI is InChI=1S/Fe.Li.H3O4P.O.Y.H/c;;1-5(2,3)4;;;/h;;(H3,1,2,3,4);;;. The van der Waals surface area contributed by atoms with Gasteiger partial charge in [0, 0.05) is 17.1 Å². The van der Waals surface area contributed by atoms with Crippen LogP contribution in [0, 0.1) is 0 Å². The van der Waals surface area contributed by atoms with Crippen molar-refractivity contribution in [3.05, 3.63) is 0 Å². The van der Waals surface area contributed by atoms with E-state index in [0.29, 0.717) is 0 Å². The third kappa shape index (κ3) is 148. The van der Waals surface area contributed by atoms with Gasteiger partial charge in [0.25, 0.3) is 0 Å². The number of hydrogen-bond donors (Lipinski definition) is 3. The Morgan fingerprint density at radius 3 is 1.11 bits per heavy atom. The molecule has 0 heterocycles. The van der Waals surface area contributed by atoms with Crippen molar-refractivity contribution in [3.63, 3.8) is 0 Å². The molecule has 0 atom stereocenters. The fraction of sp³-hybridized carbons (Fsp3) is 0. The van der Waals surface area contributed by atoms with Gasteiger partial charge < -0.3 is 14.7 Å². The molecule has 0 aromatic heterocycles. The molecule has 0 radical (unpaired) electrons. The Hall–Kier alpha value is 2.13. The molecule has 5 nitrogen and oxygen atoms in total. The van der Waals surface area contributed by atoms with Gasteiger partial charge >= 0.3 is 59.7 Å². The molecule has 3 N–H and O–H groups in total. The molecule has 9 heteroatoms. The van der Waals surface area contributed by atoms with Crippen LogP contribution in [0.2, 0.25) is 0 Å². The summed E-state index contributed by atoms with van der Waals surface area (Å²) in [5.74, 6) is 0. The summed E-state index contributed by atoms with van der Waals surface area (Å²) in [5, 5.41) is 0. The first-order valence-corrected chi connectivity index (χ1v) is 3.74. The molecule has 0 saturated carbocycles. The van der Waals surface area contributed by atoms with Crippen molar-refractivity contribution < 1.29 is 69.4 Å². The van der Waals surface area contributed by atoms with Crippen LogP contribution in [0.4, 0.5) is 0 Å². The number of rotatable bonds is 0. The van der Waals surface area contributed by atoms with Crippen LogP contribution in [0.1, 0.15) is 0 Å². The van der Waals surface area contributed by atoms with Gasteiger partial charge in [0.2, 0.25) is 0 Å². The van der Waals surface area contributed by atoms with Crippen LogP contribution in [0.5, 0.6) is 0 Å². The summed E-state index contributed by atoms with van der Waals surface area (Å²) in [4.78, 5) is 21.6. The Kier molecular flexibility index (Phi) is 31.9. The molecule has 0 aliphatic heterocycles. The predicted octanol–water partition coefficient (Wildman–Crippen LogP) is -1.70. The Morgan fingerprint density at radius 2 is 1.11 bits per heavy atom. The zero-order valence-electron chi connectivity index (χ0n) is 3.54. The van der Waals surface area contributed by atoms with E-state index >= 15 is 0 Å². The quantitative estimate of drug-likeness (QED) is 0.359. The van der Waals surface area contributed by atoms with E-state index < -0.39 is 7.82 Å². The third-order valence-corrected chi connectivity index (χ3v) is 0. The van der Waals surface area contributed by atoms with Crippen LogP contribution in [-0.2, 0) is 54.7 Å². The first kappa shape index (κ1) is 22.5. The van der Waals surface area contributed by atoms with Gasteiger partial charge in [-0.3, -0.25) is 0 Å². The van der Waals surface area contributed by atoms with Gasteiger partial charge in [-0.25, -0.2) is 4.57 Å². The summed E-state index contributed by atoms with van der Waals surface area (Å²) in [6.07, 6.45) is 0. The molecule has 51 valence electrons. The molecular formula is H4FeLiO5PY. The number of phosphoric acid groups is 1. The van der Waals surface area contributed by atoms with Crippen molar-refractivity contribution in [1.29, 1.82) is 0 Å². The van der Waals surface area contributed by atoms with Crippen LogP contribution in [-0.4, -0.2) is 33.5 Å². The SMILES string of the molecule is O=P(O)(O)O.[Fe].[LiH].[O]=[Y]. The summed E-state index contributed by atoms with van der Waals surface area (Å²) in [5.41, 5.74) is 0. The Labute approximate surface area is 94.9 Å². The van der Waals surface area contributed by atoms with Gasteiger partial charge in [-0.1, -0.05) is 0 Å². The molecular weight excluding hydrogens is 263 g/mol. The van der Waals surface area contributed by atoms with Gasteiger partial charge in [0.1, 0.15) is 0 Å². The molecule has 0 aromatic rings. The molecule has 0 spiro atoms. The summed E-state index contributed by atoms with van der Waals surface area (Å²) in [7, 11) is -4.64. The summed E-state index contributed by atoms with van der Waals surface area (Å²) >= 11 is 0.100. The molecule has 0 rings (SSSR count). The minimum atomic E-state index is -4.64. The van der Waals surface area contributed by atoms with E-state index in [2.05, 4.69) is 0 Å². The van der Waals surface area contributed by atoms with Crippen LogP contribution < -0.4 is 0 Å². The monoisotopic (exact) mass is 267 g/mol. The van der Waals surface area contributed by atoms with Crippen LogP contribution in [0.3, 0.4) is 0 Å². The fourth-order valence-corrected chi connectivity index (χ4v) is 0. The van der Waals surface area contributed by atoms with Crippen LogP contribution in [0.25, 0.3) is 0 Å². The summed E-state index contributed by atoms with van der Waals surface area (Å²) in [6.45, 7) is 0. The second-order valence-corrected chi connectivity index (χ2v) is 1.54. The summed E-state index contributed by atoms with van der Waals surface area (Å²) in [6, 6.07) is 0. The first-order valence-electron chi connectivity index (χ1n) is 1.02. The van der Waals surface area contributed by atoms with E-state index in [-0.39, 0.29) is 66.9 Å². The van der Waals surface area contributed by atoms with E-state index in [9.17, 15) is 0 Å². The molecule has 0 aliphatic rings. The van der Waals surface area contributed by atoms with Crippen molar-refractivity contribution in [2.24, 2.45) is 0 Å². The van der Waals surface area contributed by atoms with E-state index in [1.807, 2.05) is 0 Å². The van der Waals surface area contributed by atoms with Crippen molar-refractivity contribution in [2.75, 3.05) is 0 Å². The van der Waals surface area contributed by atoms with Crippen molar-refractivity contribution >= 4 is 26.7 Å². The van der Waals surface area contributed by atoms with E-state index in [1.165, 1.54) is 0 Å². The third-order valence-electron chi connectivity index (χ3n) is 0. The van der Waals surface area contributed by atoms with Gasteiger partial charge in [-0.15, -0.1) is 0 Å². The molecule has 0 amide bonds. The van der Waals surface area contributed by atoms with Crippen LogP contribution >= 0.6 is 7.82 Å². The van der Waals surface area contributed by atoms with Gasteiger partial charge in [-0.05, 0) is 0 Å². The van der Waals surface area contributed by atoms with Crippen molar-refractivity contribution in [3.8, 4) is 0 Å². The normalized spacial score (nSPS) is 7.22. The van der Waals surface area contributed by atoms with Gasteiger partial charge in [-0.2, -0.15) is 0 Å². The topological polar surface area (TPSA) is 94.8 Å². The first-order chi connectivity index (χ1) is 3.00. The molecule has 9 heavy (non-hydrogen) atoms. The average molecular weight is 267 g/mol. The Balaban J connectivity index is -0.0000000286. The molecule has 0 fully saturated rings. The maximum atomic E-state index is 8.88. The van der Waals surface area contributed by atoms with Gasteiger partial charge in [0.05, 0.1) is 0 Å². The van der Waals surface area contributed by atoms with Crippen molar-refractivity contribution in [2.45, 2.75) is 0 Å².